The van der Waals surface area contributed by atoms with Gasteiger partial charge in [-0.3, -0.25) is 14.5 Å². The van der Waals surface area contributed by atoms with Crippen LogP contribution < -0.4 is 14.4 Å². The summed E-state index contributed by atoms with van der Waals surface area (Å²) in [4.78, 5) is 27.7. The second kappa shape index (κ2) is 8.59. The number of ketones is 1. The van der Waals surface area contributed by atoms with Crippen molar-refractivity contribution in [2.45, 2.75) is 13.0 Å². The average molecular weight is 429 g/mol. The topological polar surface area (TPSA) is 76.1 Å². The molecular formula is C26H23NO5. The minimum absolute atomic E-state index is 0.0431. The predicted molar refractivity (Wildman–Crippen MR) is 122 cm³/mol. The second-order valence-electron chi connectivity index (χ2n) is 7.51. The van der Waals surface area contributed by atoms with Gasteiger partial charge in [-0.2, -0.15) is 0 Å². The van der Waals surface area contributed by atoms with Crippen LogP contribution in [0.15, 0.2) is 78.4 Å². The molecule has 1 amide bonds. The fraction of sp³-hybridized carbons (Fsp3) is 0.154. The Kier molecular flexibility index (Phi) is 5.69. The number of aryl methyl sites for hydroxylation is 1. The van der Waals surface area contributed by atoms with Crippen molar-refractivity contribution in [3.8, 4) is 11.5 Å². The second-order valence-corrected chi connectivity index (χ2v) is 7.51. The summed E-state index contributed by atoms with van der Waals surface area (Å²) in [6, 6.07) is 20.4. The van der Waals surface area contributed by atoms with Gasteiger partial charge in [0.25, 0.3) is 11.7 Å². The van der Waals surface area contributed by atoms with Crippen LogP contribution in [-0.4, -0.2) is 31.0 Å². The van der Waals surface area contributed by atoms with Gasteiger partial charge in [0.2, 0.25) is 0 Å². The number of aliphatic hydroxyl groups excluding tert-OH is 1. The number of aliphatic hydroxyl groups is 1. The number of hydrogen-bond acceptors (Lipinski definition) is 5. The molecule has 6 heteroatoms. The van der Waals surface area contributed by atoms with Crippen molar-refractivity contribution in [1.29, 1.82) is 0 Å². The summed E-state index contributed by atoms with van der Waals surface area (Å²) < 4.78 is 10.4. The number of nitrogens with zero attached hydrogens (tertiary/aromatic N) is 1. The molecule has 0 spiro atoms. The first-order chi connectivity index (χ1) is 15.4. The molecule has 0 saturated carbocycles. The Bertz CT molecular complexity index is 1200. The molecule has 32 heavy (non-hydrogen) atoms. The van der Waals surface area contributed by atoms with Crippen LogP contribution >= 0.6 is 0 Å². The molecule has 1 saturated heterocycles. The van der Waals surface area contributed by atoms with Gasteiger partial charge in [-0.05, 0) is 61.0 Å². The Morgan fingerprint density at radius 3 is 2.03 bits per heavy atom. The van der Waals surface area contributed by atoms with Crippen molar-refractivity contribution in [3.63, 3.8) is 0 Å². The molecule has 1 N–H and O–H groups in total. The van der Waals surface area contributed by atoms with Crippen LogP contribution in [0.2, 0.25) is 0 Å². The van der Waals surface area contributed by atoms with Gasteiger partial charge in [0.1, 0.15) is 17.3 Å². The van der Waals surface area contributed by atoms with E-state index in [0.29, 0.717) is 22.7 Å². The van der Waals surface area contributed by atoms with Crippen molar-refractivity contribution < 1.29 is 24.2 Å². The zero-order valence-electron chi connectivity index (χ0n) is 18.0. The molecule has 0 aliphatic carbocycles. The molecule has 162 valence electrons. The maximum Gasteiger partial charge on any atom is 0.300 e. The summed E-state index contributed by atoms with van der Waals surface area (Å²) in [5, 5.41) is 11.1. The summed E-state index contributed by atoms with van der Waals surface area (Å²) in [6.07, 6.45) is 0. The lowest BCUT2D eigenvalue weighted by Gasteiger charge is -2.26. The third-order valence-electron chi connectivity index (χ3n) is 5.52. The fourth-order valence-corrected chi connectivity index (χ4v) is 3.90. The van der Waals surface area contributed by atoms with Gasteiger partial charge in [0, 0.05) is 11.3 Å². The Balaban J connectivity index is 1.90. The number of methoxy groups -OCH3 is 2. The van der Waals surface area contributed by atoms with Crippen LogP contribution in [0.4, 0.5) is 5.69 Å². The molecule has 1 unspecified atom stereocenters. The Labute approximate surface area is 186 Å². The van der Waals surface area contributed by atoms with Crippen molar-refractivity contribution in [3.05, 3.63) is 95.1 Å². The third kappa shape index (κ3) is 3.71. The van der Waals surface area contributed by atoms with Crippen LogP contribution in [0.5, 0.6) is 11.5 Å². The lowest BCUT2D eigenvalue weighted by atomic mass is 9.94. The minimum Gasteiger partial charge on any atom is -0.507 e. The smallest absolute Gasteiger partial charge is 0.300 e. The zero-order valence-corrected chi connectivity index (χ0v) is 18.0. The number of carbonyl (C=O) groups is 2. The van der Waals surface area contributed by atoms with E-state index >= 15 is 0 Å². The van der Waals surface area contributed by atoms with E-state index in [1.54, 1.807) is 62.8 Å². The quantitative estimate of drug-likeness (QED) is 0.363. The van der Waals surface area contributed by atoms with E-state index in [1.165, 1.54) is 4.90 Å². The van der Waals surface area contributed by atoms with Crippen LogP contribution in [0.25, 0.3) is 5.76 Å². The normalized spacial score (nSPS) is 17.5. The number of hydrogen-bond donors (Lipinski definition) is 1. The highest BCUT2D eigenvalue weighted by Gasteiger charge is 2.47. The minimum atomic E-state index is -0.773. The maximum absolute atomic E-state index is 13.2. The number of benzene rings is 3. The monoisotopic (exact) mass is 429 g/mol. The van der Waals surface area contributed by atoms with E-state index in [0.717, 1.165) is 11.1 Å². The highest BCUT2D eigenvalue weighted by molar-refractivity contribution is 6.51. The number of anilines is 1. The molecule has 1 fully saturated rings. The number of carbonyl (C=O) groups excluding carboxylic acids is 2. The van der Waals surface area contributed by atoms with Crippen LogP contribution in [0, 0.1) is 6.92 Å². The van der Waals surface area contributed by atoms with E-state index in [-0.39, 0.29) is 11.3 Å². The number of Topliss-reactive ketones (excluding diaryl/α,β-unsaturated/α-hetero) is 1. The van der Waals surface area contributed by atoms with E-state index < -0.39 is 17.7 Å². The van der Waals surface area contributed by atoms with Gasteiger partial charge >= 0.3 is 0 Å². The summed E-state index contributed by atoms with van der Waals surface area (Å²) in [7, 11) is 3.11. The fourth-order valence-electron chi connectivity index (χ4n) is 3.90. The van der Waals surface area contributed by atoms with Crippen LogP contribution in [0.1, 0.15) is 22.7 Å². The Morgan fingerprint density at radius 1 is 0.875 bits per heavy atom. The van der Waals surface area contributed by atoms with Crippen molar-refractivity contribution in [1.82, 2.24) is 0 Å². The van der Waals surface area contributed by atoms with Gasteiger partial charge in [0.05, 0.1) is 25.8 Å². The zero-order chi connectivity index (χ0) is 22.8. The van der Waals surface area contributed by atoms with Gasteiger partial charge in [0.15, 0.2) is 0 Å². The molecule has 4 rings (SSSR count). The molecule has 0 radical (unpaired) electrons. The van der Waals surface area contributed by atoms with Crippen LogP contribution in [0.3, 0.4) is 0 Å². The highest BCUT2D eigenvalue weighted by atomic mass is 16.5. The van der Waals surface area contributed by atoms with E-state index in [4.69, 9.17) is 9.47 Å². The lowest BCUT2D eigenvalue weighted by molar-refractivity contribution is -0.132. The van der Waals surface area contributed by atoms with Crippen molar-refractivity contribution in [2.75, 3.05) is 19.1 Å². The molecule has 3 aromatic rings. The molecule has 1 atom stereocenters. The molecule has 1 aliphatic rings. The lowest BCUT2D eigenvalue weighted by Crippen LogP contribution is -2.29. The summed E-state index contributed by atoms with van der Waals surface area (Å²) >= 11 is 0. The largest absolute Gasteiger partial charge is 0.507 e. The maximum atomic E-state index is 13.2. The van der Waals surface area contributed by atoms with Gasteiger partial charge in [-0.15, -0.1) is 0 Å². The predicted octanol–water partition coefficient (Wildman–Crippen LogP) is 4.64. The van der Waals surface area contributed by atoms with Gasteiger partial charge in [-0.1, -0.05) is 29.8 Å². The first-order valence-electron chi connectivity index (χ1n) is 10.1. The molecule has 0 aromatic heterocycles. The Hall–Kier alpha value is -4.06. The van der Waals surface area contributed by atoms with Gasteiger partial charge < -0.3 is 14.6 Å². The third-order valence-corrected chi connectivity index (χ3v) is 5.52. The molecular weight excluding hydrogens is 406 g/mol. The number of amides is 1. The standard InChI is InChI=1S/C26H23NO5/c1-16-5-4-6-18(15-16)23-22(24(28)17-7-11-20(31-2)12-8-17)25(29)26(30)27(23)19-9-13-21(32-3)14-10-19/h4-15,23,28H,1-3H3/b24-22-. The van der Waals surface area contributed by atoms with Crippen molar-refractivity contribution >= 4 is 23.1 Å². The van der Waals surface area contributed by atoms with E-state index in [2.05, 4.69) is 0 Å². The summed E-state index contributed by atoms with van der Waals surface area (Å²) in [6.45, 7) is 1.94. The van der Waals surface area contributed by atoms with Gasteiger partial charge in [-0.25, -0.2) is 0 Å². The first-order valence-corrected chi connectivity index (χ1v) is 10.1. The van der Waals surface area contributed by atoms with Crippen LogP contribution in [-0.2, 0) is 9.59 Å². The molecule has 6 nitrogen and oxygen atoms in total. The van der Waals surface area contributed by atoms with Crippen molar-refractivity contribution in [2.24, 2.45) is 0 Å². The molecule has 1 heterocycles. The summed E-state index contributed by atoms with van der Waals surface area (Å²) in [5.41, 5.74) is 2.72. The molecule has 3 aromatic carbocycles. The van der Waals surface area contributed by atoms with E-state index in [9.17, 15) is 14.7 Å². The summed E-state index contributed by atoms with van der Waals surface area (Å²) in [5.74, 6) is -0.406. The Morgan fingerprint density at radius 2 is 1.47 bits per heavy atom. The molecule has 0 bridgehead atoms. The number of ether oxygens (including phenoxy) is 2. The number of rotatable bonds is 5. The molecule has 1 aliphatic heterocycles. The van der Waals surface area contributed by atoms with E-state index in [1.807, 2.05) is 31.2 Å². The SMILES string of the molecule is COc1ccc(/C(O)=C2/C(=O)C(=O)N(c3ccc(OC)cc3)C2c2cccc(C)c2)cc1. The first kappa shape index (κ1) is 21.2. The average Bonchev–Trinajstić information content (AvgIpc) is 3.09. The highest BCUT2D eigenvalue weighted by Crippen LogP contribution is 2.42.